The van der Waals surface area contributed by atoms with Gasteiger partial charge in [0, 0.05) is 29.3 Å². The number of ether oxygens (including phenoxy) is 1. The molecule has 1 spiro atoms. The average Bonchev–Trinajstić information content (AvgIpc) is 3.43. The predicted molar refractivity (Wildman–Crippen MR) is 133 cm³/mol. The highest BCUT2D eigenvalue weighted by atomic mass is 79.9. The second kappa shape index (κ2) is 7.75. The third kappa shape index (κ3) is 3.47. The van der Waals surface area contributed by atoms with Crippen molar-refractivity contribution in [1.29, 1.82) is 0 Å². The summed E-state index contributed by atoms with van der Waals surface area (Å²) in [5.41, 5.74) is 3.50. The molecule has 2 aliphatic heterocycles. The maximum atomic E-state index is 6.80. The number of nitrogens with zero attached hydrogens (tertiary/aromatic N) is 2. The van der Waals surface area contributed by atoms with Crippen LogP contribution >= 0.6 is 43.2 Å². The first kappa shape index (κ1) is 20.0. The third-order valence-electron chi connectivity index (χ3n) is 6.85. The minimum atomic E-state index is -0.354. The van der Waals surface area contributed by atoms with Crippen LogP contribution in [-0.4, -0.2) is 16.4 Å². The first-order chi connectivity index (χ1) is 15.1. The number of hydrazone groups is 1. The molecule has 158 valence electrons. The number of halogens is 2. The molecule has 3 aromatic rings. The fourth-order valence-corrected chi connectivity index (χ4v) is 7.09. The second-order valence-electron chi connectivity index (χ2n) is 8.63. The summed E-state index contributed by atoms with van der Waals surface area (Å²) in [4.78, 5) is 1.24. The van der Waals surface area contributed by atoms with Crippen LogP contribution in [0.2, 0.25) is 0 Å². The fraction of sp³-hybridized carbons (Fsp3) is 0.320. The van der Waals surface area contributed by atoms with Crippen molar-refractivity contribution in [3.63, 3.8) is 0 Å². The molecule has 3 aliphatic rings. The Morgan fingerprint density at radius 3 is 2.55 bits per heavy atom. The van der Waals surface area contributed by atoms with Crippen LogP contribution in [0.5, 0.6) is 5.75 Å². The van der Waals surface area contributed by atoms with Crippen molar-refractivity contribution in [3.8, 4) is 5.75 Å². The molecular weight excluding hydrogens is 536 g/mol. The van der Waals surface area contributed by atoms with Gasteiger partial charge in [-0.3, -0.25) is 0 Å². The number of rotatable bonds is 2. The summed E-state index contributed by atoms with van der Waals surface area (Å²) in [6.45, 7) is 0. The van der Waals surface area contributed by atoms with Gasteiger partial charge in [0.25, 0.3) is 0 Å². The Hall–Kier alpha value is -1.63. The molecule has 1 atom stereocenters. The molecule has 0 amide bonds. The minimum Gasteiger partial charge on any atom is -0.466 e. The summed E-state index contributed by atoms with van der Waals surface area (Å²) < 4.78 is 9.03. The Kier molecular flexibility index (Phi) is 5.00. The first-order valence-electron chi connectivity index (χ1n) is 10.8. The SMILES string of the molecule is Brc1ccc2c(c1)[C@@H]1CC(c3ccc(Br)s3)=NN1C1(CCC(c3ccccc3)CC1)O2. The van der Waals surface area contributed by atoms with Crippen LogP contribution in [0.15, 0.2) is 74.0 Å². The summed E-state index contributed by atoms with van der Waals surface area (Å²) in [7, 11) is 0. The number of fused-ring (bicyclic) bond motifs is 4. The van der Waals surface area contributed by atoms with Gasteiger partial charge in [-0.25, -0.2) is 5.01 Å². The zero-order valence-electron chi connectivity index (χ0n) is 16.9. The maximum Gasteiger partial charge on any atom is 0.198 e. The van der Waals surface area contributed by atoms with E-state index in [0.29, 0.717) is 5.92 Å². The van der Waals surface area contributed by atoms with E-state index in [1.54, 1.807) is 11.3 Å². The molecule has 1 aliphatic carbocycles. The zero-order valence-corrected chi connectivity index (χ0v) is 20.9. The lowest BCUT2D eigenvalue weighted by molar-refractivity contribution is -0.142. The molecule has 0 saturated heterocycles. The molecular formula is C25H22Br2N2OS. The van der Waals surface area contributed by atoms with Gasteiger partial charge in [0.2, 0.25) is 0 Å². The Morgan fingerprint density at radius 1 is 1.00 bits per heavy atom. The van der Waals surface area contributed by atoms with E-state index in [0.717, 1.165) is 46.1 Å². The second-order valence-corrected chi connectivity index (χ2v) is 12.0. The third-order valence-corrected chi connectivity index (χ3v) is 9.02. The van der Waals surface area contributed by atoms with Crippen molar-refractivity contribution in [3.05, 3.63) is 84.9 Å². The van der Waals surface area contributed by atoms with Crippen LogP contribution in [0.3, 0.4) is 0 Å². The van der Waals surface area contributed by atoms with Crippen molar-refractivity contribution >= 4 is 48.9 Å². The van der Waals surface area contributed by atoms with Crippen molar-refractivity contribution < 1.29 is 4.74 Å². The Labute approximate surface area is 203 Å². The average molecular weight is 558 g/mol. The van der Waals surface area contributed by atoms with Gasteiger partial charge in [0.1, 0.15) is 5.75 Å². The van der Waals surface area contributed by atoms with Gasteiger partial charge < -0.3 is 4.74 Å². The summed E-state index contributed by atoms with van der Waals surface area (Å²) >= 11 is 9.02. The topological polar surface area (TPSA) is 24.8 Å². The zero-order chi connectivity index (χ0) is 21.0. The molecule has 31 heavy (non-hydrogen) atoms. The van der Waals surface area contributed by atoms with Crippen molar-refractivity contribution in [2.24, 2.45) is 5.10 Å². The van der Waals surface area contributed by atoms with Crippen LogP contribution in [0, 0.1) is 0 Å². The lowest BCUT2D eigenvalue weighted by atomic mass is 9.78. The van der Waals surface area contributed by atoms with Crippen LogP contribution in [-0.2, 0) is 0 Å². The van der Waals surface area contributed by atoms with E-state index in [1.165, 1.54) is 21.7 Å². The smallest absolute Gasteiger partial charge is 0.198 e. The summed E-state index contributed by atoms with van der Waals surface area (Å²) in [6.07, 6.45) is 5.14. The number of thiophene rings is 1. The van der Waals surface area contributed by atoms with E-state index >= 15 is 0 Å². The Bertz CT molecular complexity index is 1150. The van der Waals surface area contributed by atoms with Gasteiger partial charge >= 0.3 is 0 Å². The molecule has 0 N–H and O–H groups in total. The first-order valence-corrected chi connectivity index (χ1v) is 13.2. The lowest BCUT2D eigenvalue weighted by Crippen LogP contribution is -2.55. The van der Waals surface area contributed by atoms with Gasteiger partial charge in [-0.15, -0.1) is 11.3 Å². The predicted octanol–water partition coefficient (Wildman–Crippen LogP) is 7.87. The normalized spacial score (nSPS) is 26.9. The Balaban J connectivity index is 1.36. The van der Waals surface area contributed by atoms with E-state index in [1.807, 2.05) is 0 Å². The standard InChI is InChI=1S/C25H22Br2N2OS/c26-18-6-7-22-19(14-18)21-15-20(23-8-9-24(27)31-23)28-29(21)25(30-22)12-10-17(11-13-25)16-4-2-1-3-5-16/h1-9,14,17,21H,10-13,15H2/t17?,21-,25?/m0/s1. The molecule has 1 aromatic heterocycles. The van der Waals surface area contributed by atoms with Crippen LogP contribution < -0.4 is 4.74 Å². The number of benzene rings is 2. The maximum absolute atomic E-state index is 6.80. The summed E-state index contributed by atoms with van der Waals surface area (Å²) in [5.74, 6) is 1.62. The number of hydrogen-bond acceptors (Lipinski definition) is 4. The van der Waals surface area contributed by atoms with Gasteiger partial charge in [-0.1, -0.05) is 46.3 Å². The molecule has 0 unspecified atom stereocenters. The van der Waals surface area contributed by atoms with E-state index in [4.69, 9.17) is 9.84 Å². The van der Waals surface area contributed by atoms with Crippen LogP contribution in [0.1, 0.15) is 60.1 Å². The van der Waals surface area contributed by atoms with E-state index in [2.05, 4.69) is 97.5 Å². The molecule has 1 saturated carbocycles. The quantitative estimate of drug-likeness (QED) is 0.320. The lowest BCUT2D eigenvalue weighted by Gasteiger charge is -2.50. The molecule has 6 rings (SSSR count). The molecule has 1 fully saturated rings. The summed E-state index contributed by atoms with van der Waals surface area (Å²) in [5, 5.41) is 7.51. The van der Waals surface area contributed by atoms with Gasteiger partial charge in [0.15, 0.2) is 5.72 Å². The molecule has 6 heteroatoms. The van der Waals surface area contributed by atoms with Crippen molar-refractivity contribution in [2.75, 3.05) is 0 Å². The van der Waals surface area contributed by atoms with Gasteiger partial charge in [0.05, 0.1) is 20.4 Å². The molecule has 2 aromatic carbocycles. The fourth-order valence-electron chi connectivity index (χ4n) is 5.33. The van der Waals surface area contributed by atoms with Gasteiger partial charge in [-0.2, -0.15) is 5.10 Å². The number of hydrogen-bond donors (Lipinski definition) is 0. The largest absolute Gasteiger partial charge is 0.466 e. The molecule has 3 nitrogen and oxygen atoms in total. The van der Waals surface area contributed by atoms with E-state index in [9.17, 15) is 0 Å². The van der Waals surface area contributed by atoms with Crippen molar-refractivity contribution in [1.82, 2.24) is 5.01 Å². The van der Waals surface area contributed by atoms with Gasteiger partial charge in [-0.05, 0) is 70.6 Å². The Morgan fingerprint density at radius 2 is 1.81 bits per heavy atom. The highest BCUT2D eigenvalue weighted by Crippen LogP contribution is 2.53. The summed E-state index contributed by atoms with van der Waals surface area (Å²) in [6, 6.07) is 21.9. The van der Waals surface area contributed by atoms with E-state index < -0.39 is 0 Å². The highest BCUT2D eigenvalue weighted by molar-refractivity contribution is 9.11. The van der Waals surface area contributed by atoms with Crippen molar-refractivity contribution in [2.45, 2.75) is 49.8 Å². The highest BCUT2D eigenvalue weighted by Gasteiger charge is 2.52. The molecule has 3 heterocycles. The van der Waals surface area contributed by atoms with E-state index in [-0.39, 0.29) is 11.8 Å². The monoisotopic (exact) mass is 556 g/mol. The van der Waals surface area contributed by atoms with Crippen LogP contribution in [0.25, 0.3) is 0 Å². The molecule has 0 bridgehead atoms. The minimum absolute atomic E-state index is 0.227. The van der Waals surface area contributed by atoms with Crippen LogP contribution in [0.4, 0.5) is 0 Å². The molecule has 0 radical (unpaired) electrons.